The van der Waals surface area contributed by atoms with Crippen LogP contribution in [0, 0.1) is 0 Å². The van der Waals surface area contributed by atoms with Crippen molar-refractivity contribution < 1.29 is 19.5 Å². The first-order chi connectivity index (χ1) is 7.63. The normalized spacial score (nSPS) is 9.31. The quantitative estimate of drug-likeness (QED) is 0.637. The zero-order valence-electron chi connectivity index (χ0n) is 8.27. The van der Waals surface area contributed by atoms with E-state index < -0.39 is 24.5 Å². The van der Waals surface area contributed by atoms with Gasteiger partial charge in [0.25, 0.3) is 11.8 Å². The van der Waals surface area contributed by atoms with Crippen molar-refractivity contribution >= 4 is 17.8 Å². The van der Waals surface area contributed by atoms with Crippen LogP contribution < -0.4 is 10.6 Å². The summed E-state index contributed by atoms with van der Waals surface area (Å²) in [5, 5.41) is 12.1. The number of urea groups is 1. The van der Waals surface area contributed by atoms with Gasteiger partial charge in [-0.25, -0.2) is 4.79 Å². The van der Waals surface area contributed by atoms with Gasteiger partial charge < -0.3 is 5.11 Å². The minimum absolute atomic E-state index is 0.300. The zero-order chi connectivity index (χ0) is 12.0. The van der Waals surface area contributed by atoms with Crippen molar-refractivity contribution in [1.29, 1.82) is 0 Å². The number of aliphatic hydroxyl groups excluding tert-OH is 1. The monoisotopic (exact) mass is 222 g/mol. The number of hydrogen-bond acceptors (Lipinski definition) is 4. The molecule has 0 bridgehead atoms. The number of benzene rings is 1. The summed E-state index contributed by atoms with van der Waals surface area (Å²) in [7, 11) is 0. The third-order valence-corrected chi connectivity index (χ3v) is 1.66. The Hall–Kier alpha value is -2.21. The van der Waals surface area contributed by atoms with Gasteiger partial charge in [-0.05, 0) is 12.1 Å². The Balaban J connectivity index is 2.52. The maximum Gasteiger partial charge on any atom is 0.328 e. The number of amides is 4. The fourth-order valence-electron chi connectivity index (χ4n) is 0.962. The van der Waals surface area contributed by atoms with E-state index in [2.05, 4.69) is 0 Å². The van der Waals surface area contributed by atoms with Crippen LogP contribution in [0.5, 0.6) is 0 Å². The summed E-state index contributed by atoms with van der Waals surface area (Å²) in [6, 6.07) is 7.10. The molecule has 84 valence electrons. The van der Waals surface area contributed by atoms with E-state index >= 15 is 0 Å². The standard InChI is InChI=1S/C10H10N2O4/c13-6-8(14)11-10(16)12-9(15)7-4-2-1-3-5-7/h1-5,13H,6H2,(H2,11,12,14,15,16). The van der Waals surface area contributed by atoms with Crippen LogP contribution in [0.4, 0.5) is 4.79 Å². The lowest BCUT2D eigenvalue weighted by Gasteiger charge is -2.04. The van der Waals surface area contributed by atoms with Gasteiger partial charge in [0.1, 0.15) is 6.61 Å². The first-order valence-corrected chi connectivity index (χ1v) is 4.44. The molecule has 0 heterocycles. The molecule has 0 fully saturated rings. The molecule has 16 heavy (non-hydrogen) atoms. The maximum atomic E-state index is 11.4. The lowest BCUT2D eigenvalue weighted by Crippen LogP contribution is -2.43. The van der Waals surface area contributed by atoms with E-state index in [1.54, 1.807) is 23.5 Å². The molecule has 1 rings (SSSR count). The zero-order valence-corrected chi connectivity index (χ0v) is 8.27. The molecule has 0 saturated carbocycles. The van der Waals surface area contributed by atoms with Gasteiger partial charge >= 0.3 is 6.03 Å². The van der Waals surface area contributed by atoms with Gasteiger partial charge in [0, 0.05) is 5.56 Å². The van der Waals surface area contributed by atoms with Crippen molar-refractivity contribution in [1.82, 2.24) is 10.6 Å². The van der Waals surface area contributed by atoms with E-state index in [1.165, 1.54) is 12.1 Å². The molecule has 3 N–H and O–H groups in total. The molecule has 6 heteroatoms. The first kappa shape index (κ1) is 11.9. The van der Waals surface area contributed by atoms with E-state index in [0.717, 1.165) is 0 Å². The van der Waals surface area contributed by atoms with Gasteiger partial charge in [-0.1, -0.05) is 18.2 Å². The Labute approximate surface area is 91.3 Å². The summed E-state index contributed by atoms with van der Waals surface area (Å²) in [5.74, 6) is -1.50. The molecule has 4 amide bonds. The minimum Gasteiger partial charge on any atom is -0.387 e. The van der Waals surface area contributed by atoms with Crippen molar-refractivity contribution in [2.45, 2.75) is 0 Å². The second-order valence-electron chi connectivity index (χ2n) is 2.86. The summed E-state index contributed by atoms with van der Waals surface area (Å²) in [6.45, 7) is -0.813. The summed E-state index contributed by atoms with van der Waals surface area (Å²) < 4.78 is 0. The Kier molecular flexibility index (Phi) is 4.16. The molecule has 6 nitrogen and oxygen atoms in total. The van der Waals surface area contributed by atoms with Crippen LogP contribution in [-0.2, 0) is 4.79 Å². The molecule has 1 aromatic rings. The number of hydrogen-bond donors (Lipinski definition) is 3. The van der Waals surface area contributed by atoms with Crippen LogP contribution in [-0.4, -0.2) is 29.6 Å². The highest BCUT2D eigenvalue weighted by atomic mass is 16.3. The van der Waals surface area contributed by atoms with E-state index in [-0.39, 0.29) is 0 Å². The predicted octanol–water partition coefficient (Wildman–Crippen LogP) is -0.355. The third-order valence-electron chi connectivity index (χ3n) is 1.66. The van der Waals surface area contributed by atoms with Crippen LogP contribution in [0.1, 0.15) is 10.4 Å². The summed E-state index contributed by atoms with van der Waals surface area (Å²) in [4.78, 5) is 33.0. The maximum absolute atomic E-state index is 11.4. The second kappa shape index (κ2) is 5.62. The van der Waals surface area contributed by atoms with Crippen LogP contribution >= 0.6 is 0 Å². The molecule has 0 radical (unpaired) electrons. The van der Waals surface area contributed by atoms with E-state index in [9.17, 15) is 14.4 Å². The molecular formula is C10H10N2O4. The molecule has 0 unspecified atom stereocenters. The van der Waals surface area contributed by atoms with Gasteiger partial charge in [-0.2, -0.15) is 0 Å². The SMILES string of the molecule is O=C(CO)NC(=O)NC(=O)c1ccccc1. The van der Waals surface area contributed by atoms with Crippen LogP contribution in [0.3, 0.4) is 0 Å². The van der Waals surface area contributed by atoms with Gasteiger partial charge in [0.15, 0.2) is 0 Å². The summed E-state index contributed by atoms with van der Waals surface area (Å²) in [5.41, 5.74) is 0.300. The number of nitrogens with one attached hydrogen (secondary N) is 2. The largest absolute Gasteiger partial charge is 0.387 e. The molecule has 0 aliphatic heterocycles. The Morgan fingerprint density at radius 3 is 2.25 bits per heavy atom. The average molecular weight is 222 g/mol. The fourth-order valence-corrected chi connectivity index (χ4v) is 0.962. The molecule has 0 aliphatic rings. The molecule has 0 atom stereocenters. The highest BCUT2D eigenvalue weighted by molar-refractivity contribution is 6.07. The van der Waals surface area contributed by atoms with Gasteiger partial charge in [0.05, 0.1) is 0 Å². The molecule has 0 spiro atoms. The van der Waals surface area contributed by atoms with Crippen LogP contribution in [0.2, 0.25) is 0 Å². The van der Waals surface area contributed by atoms with Crippen molar-refractivity contribution in [2.24, 2.45) is 0 Å². The summed E-state index contributed by atoms with van der Waals surface area (Å²) in [6.07, 6.45) is 0. The Morgan fingerprint density at radius 2 is 1.69 bits per heavy atom. The van der Waals surface area contributed by atoms with Crippen molar-refractivity contribution in [3.8, 4) is 0 Å². The molecule has 0 aromatic heterocycles. The predicted molar refractivity (Wildman–Crippen MR) is 54.5 cm³/mol. The number of carbonyl (C=O) groups is 3. The lowest BCUT2D eigenvalue weighted by molar-refractivity contribution is -0.122. The number of carbonyl (C=O) groups excluding carboxylic acids is 3. The molecule has 0 aliphatic carbocycles. The minimum atomic E-state index is -0.965. The Bertz CT molecular complexity index is 403. The average Bonchev–Trinajstić information content (AvgIpc) is 2.29. The Morgan fingerprint density at radius 1 is 1.06 bits per heavy atom. The topological polar surface area (TPSA) is 95.5 Å². The highest BCUT2D eigenvalue weighted by Crippen LogP contribution is 1.97. The third kappa shape index (κ3) is 3.50. The van der Waals surface area contributed by atoms with Gasteiger partial charge in [-0.15, -0.1) is 0 Å². The molecule has 1 aromatic carbocycles. The second-order valence-corrected chi connectivity index (χ2v) is 2.86. The van der Waals surface area contributed by atoms with Crippen molar-refractivity contribution in [2.75, 3.05) is 6.61 Å². The van der Waals surface area contributed by atoms with Crippen molar-refractivity contribution in [3.63, 3.8) is 0 Å². The first-order valence-electron chi connectivity index (χ1n) is 4.44. The van der Waals surface area contributed by atoms with Crippen molar-refractivity contribution in [3.05, 3.63) is 35.9 Å². The van der Waals surface area contributed by atoms with Gasteiger partial charge in [0.2, 0.25) is 0 Å². The number of aliphatic hydroxyl groups is 1. The smallest absolute Gasteiger partial charge is 0.328 e. The lowest BCUT2D eigenvalue weighted by atomic mass is 10.2. The fraction of sp³-hybridized carbons (Fsp3) is 0.100. The number of rotatable bonds is 2. The summed E-state index contributed by atoms with van der Waals surface area (Å²) >= 11 is 0. The highest BCUT2D eigenvalue weighted by Gasteiger charge is 2.11. The molecule has 0 saturated heterocycles. The van der Waals surface area contributed by atoms with Crippen LogP contribution in [0.15, 0.2) is 30.3 Å². The van der Waals surface area contributed by atoms with E-state index in [4.69, 9.17) is 5.11 Å². The van der Waals surface area contributed by atoms with Gasteiger partial charge in [-0.3, -0.25) is 20.2 Å². The van der Waals surface area contributed by atoms with E-state index in [0.29, 0.717) is 5.56 Å². The number of imide groups is 2. The van der Waals surface area contributed by atoms with E-state index in [1.807, 2.05) is 5.32 Å². The van der Waals surface area contributed by atoms with Crippen LogP contribution in [0.25, 0.3) is 0 Å². The molecular weight excluding hydrogens is 212 g/mol.